The molecule has 5 rings (SSSR count). The first-order valence-corrected chi connectivity index (χ1v) is 10.3. The summed E-state index contributed by atoms with van der Waals surface area (Å²) in [5.41, 5.74) is 3.82. The van der Waals surface area contributed by atoms with Crippen LogP contribution in [0.3, 0.4) is 0 Å². The number of hydrogen-bond donors (Lipinski definition) is 0. The van der Waals surface area contributed by atoms with Crippen molar-refractivity contribution in [2.75, 3.05) is 18.0 Å². The molecule has 5 nitrogen and oxygen atoms in total. The third-order valence-electron chi connectivity index (χ3n) is 6.04. The number of para-hydroxylation sites is 2. The summed E-state index contributed by atoms with van der Waals surface area (Å²) in [5, 5.41) is 0.578. The number of carbonyl (C=O) groups is 1. The molecule has 2 aromatic carbocycles. The summed E-state index contributed by atoms with van der Waals surface area (Å²) in [6, 6.07) is 11.5. The van der Waals surface area contributed by atoms with Crippen molar-refractivity contribution >= 4 is 34.2 Å². The molecule has 0 radical (unpaired) electrons. The van der Waals surface area contributed by atoms with Crippen molar-refractivity contribution in [1.29, 1.82) is 0 Å². The van der Waals surface area contributed by atoms with Gasteiger partial charge >= 0.3 is 0 Å². The highest BCUT2D eigenvalue weighted by molar-refractivity contribution is 6.31. The normalized spacial score (nSPS) is 18.0. The smallest absolute Gasteiger partial charge is 0.170 e. The van der Waals surface area contributed by atoms with Gasteiger partial charge in [-0.05, 0) is 43.7 Å². The molecule has 148 valence electrons. The summed E-state index contributed by atoms with van der Waals surface area (Å²) in [5.74, 6) is 1.73. The van der Waals surface area contributed by atoms with Gasteiger partial charge in [0.2, 0.25) is 0 Å². The molecule has 3 aromatic rings. The highest BCUT2D eigenvalue weighted by Gasteiger charge is 2.44. The van der Waals surface area contributed by atoms with Crippen molar-refractivity contribution in [2.45, 2.75) is 38.7 Å². The van der Waals surface area contributed by atoms with E-state index >= 15 is 0 Å². The van der Waals surface area contributed by atoms with E-state index in [0.717, 1.165) is 54.0 Å². The number of Topliss-reactive ketones (excluding diaryl/α,β-unsaturated/α-hetero) is 1. The number of hydrogen-bond acceptors (Lipinski definition) is 5. The minimum Gasteiger partial charge on any atom is -0.486 e. The number of halogens is 1. The number of nitrogens with zero attached hydrogens (tertiary/aromatic N) is 3. The number of carbonyl (C=O) groups excluding carboxylic acids is 1. The molecule has 2 aliphatic rings. The first-order valence-electron chi connectivity index (χ1n) is 9.95. The minimum absolute atomic E-state index is 0.118. The zero-order chi connectivity index (χ0) is 20.2. The largest absolute Gasteiger partial charge is 0.486 e. The van der Waals surface area contributed by atoms with Gasteiger partial charge in [0.1, 0.15) is 11.4 Å². The molecule has 1 aromatic heterocycles. The monoisotopic (exact) mass is 407 g/mol. The standard InChI is InChI=1S/C23H22ClN3O2/c1-14-11-16(24)12-17-20(28)13-23(29-21(14)17)7-9-27(10-8-23)22-15(2)25-18-5-3-4-6-19(18)26-22/h3-6,11-12H,7-10,13H2,1-2H3. The van der Waals surface area contributed by atoms with Crippen molar-refractivity contribution < 1.29 is 9.53 Å². The molecule has 3 heterocycles. The van der Waals surface area contributed by atoms with Crippen LogP contribution in [0.4, 0.5) is 5.82 Å². The molecular formula is C23H22ClN3O2. The van der Waals surface area contributed by atoms with Crippen LogP contribution in [0.5, 0.6) is 5.75 Å². The van der Waals surface area contributed by atoms with Crippen molar-refractivity contribution in [2.24, 2.45) is 0 Å². The number of aryl methyl sites for hydroxylation is 2. The highest BCUT2D eigenvalue weighted by Crippen LogP contribution is 2.42. The maximum Gasteiger partial charge on any atom is 0.170 e. The lowest BCUT2D eigenvalue weighted by Crippen LogP contribution is -2.51. The quantitative estimate of drug-likeness (QED) is 0.574. The van der Waals surface area contributed by atoms with Crippen LogP contribution in [0.15, 0.2) is 36.4 Å². The Morgan fingerprint density at radius 1 is 1.07 bits per heavy atom. The Labute approximate surface area is 174 Å². The van der Waals surface area contributed by atoms with Crippen LogP contribution in [-0.2, 0) is 0 Å². The zero-order valence-electron chi connectivity index (χ0n) is 16.5. The molecule has 0 unspecified atom stereocenters. The average molecular weight is 408 g/mol. The molecule has 0 aliphatic carbocycles. The van der Waals surface area contributed by atoms with E-state index in [1.807, 2.05) is 44.2 Å². The molecule has 0 bridgehead atoms. The number of fused-ring (bicyclic) bond motifs is 2. The first-order chi connectivity index (χ1) is 13.9. The van der Waals surface area contributed by atoms with E-state index in [2.05, 4.69) is 4.90 Å². The molecule has 29 heavy (non-hydrogen) atoms. The van der Waals surface area contributed by atoms with E-state index in [1.54, 1.807) is 6.07 Å². The van der Waals surface area contributed by atoms with E-state index in [0.29, 0.717) is 22.8 Å². The molecular weight excluding hydrogens is 386 g/mol. The van der Waals surface area contributed by atoms with Crippen LogP contribution in [0.25, 0.3) is 11.0 Å². The van der Waals surface area contributed by atoms with Crippen molar-refractivity contribution in [3.63, 3.8) is 0 Å². The number of benzene rings is 2. The summed E-state index contributed by atoms with van der Waals surface area (Å²) in [6.07, 6.45) is 1.94. The lowest BCUT2D eigenvalue weighted by atomic mass is 9.82. The van der Waals surface area contributed by atoms with Gasteiger partial charge in [0.15, 0.2) is 11.6 Å². The molecule has 6 heteroatoms. The van der Waals surface area contributed by atoms with Crippen LogP contribution in [0.2, 0.25) is 5.02 Å². The lowest BCUT2D eigenvalue weighted by Gasteiger charge is -2.44. The second-order valence-electron chi connectivity index (χ2n) is 8.09. The van der Waals surface area contributed by atoms with E-state index in [1.165, 1.54) is 0 Å². The van der Waals surface area contributed by atoms with E-state index < -0.39 is 5.60 Å². The predicted octanol–water partition coefficient (Wildman–Crippen LogP) is 4.90. The molecule has 1 saturated heterocycles. The number of anilines is 1. The van der Waals surface area contributed by atoms with Crippen LogP contribution in [0, 0.1) is 13.8 Å². The van der Waals surface area contributed by atoms with Crippen LogP contribution in [0.1, 0.15) is 40.9 Å². The molecule has 0 saturated carbocycles. The second-order valence-corrected chi connectivity index (χ2v) is 8.53. The van der Waals surface area contributed by atoms with Gasteiger partial charge in [-0.1, -0.05) is 23.7 Å². The summed E-state index contributed by atoms with van der Waals surface area (Å²) < 4.78 is 6.46. The molecule has 0 amide bonds. The van der Waals surface area contributed by atoms with Crippen molar-refractivity contribution in [3.8, 4) is 5.75 Å². The minimum atomic E-state index is -0.447. The fraction of sp³-hybridized carbons (Fsp3) is 0.348. The summed E-state index contributed by atoms with van der Waals surface area (Å²) >= 11 is 6.14. The molecule has 0 atom stereocenters. The lowest BCUT2D eigenvalue weighted by molar-refractivity contribution is 0.0225. The Hall–Kier alpha value is -2.66. The van der Waals surface area contributed by atoms with Gasteiger partial charge < -0.3 is 9.64 Å². The van der Waals surface area contributed by atoms with E-state index in [-0.39, 0.29) is 5.78 Å². The Balaban J connectivity index is 1.41. The van der Waals surface area contributed by atoms with E-state index in [9.17, 15) is 4.79 Å². The van der Waals surface area contributed by atoms with Gasteiger partial charge in [0.05, 0.1) is 28.7 Å². The highest BCUT2D eigenvalue weighted by atomic mass is 35.5. The third kappa shape index (κ3) is 3.14. The number of ketones is 1. The van der Waals surface area contributed by atoms with Crippen LogP contribution in [-0.4, -0.2) is 34.4 Å². The average Bonchev–Trinajstić information content (AvgIpc) is 2.69. The number of ether oxygens (including phenoxy) is 1. The maximum atomic E-state index is 12.8. The zero-order valence-corrected chi connectivity index (χ0v) is 17.3. The molecule has 1 fully saturated rings. The number of aromatic nitrogens is 2. The van der Waals surface area contributed by atoms with Gasteiger partial charge in [-0.2, -0.15) is 0 Å². The summed E-state index contributed by atoms with van der Waals surface area (Å²) in [6.45, 7) is 5.51. The Kier molecular flexibility index (Phi) is 4.24. The molecule has 2 aliphatic heterocycles. The molecule has 1 spiro atoms. The Morgan fingerprint density at radius 3 is 2.48 bits per heavy atom. The predicted molar refractivity (Wildman–Crippen MR) is 114 cm³/mol. The third-order valence-corrected chi connectivity index (χ3v) is 6.25. The Morgan fingerprint density at radius 2 is 1.76 bits per heavy atom. The van der Waals surface area contributed by atoms with Crippen LogP contribution >= 0.6 is 11.6 Å². The Bertz CT molecular complexity index is 1140. The first kappa shape index (κ1) is 18.4. The van der Waals surface area contributed by atoms with Gasteiger partial charge in [-0.15, -0.1) is 0 Å². The van der Waals surface area contributed by atoms with Gasteiger partial charge in [0, 0.05) is 31.0 Å². The summed E-state index contributed by atoms with van der Waals surface area (Å²) in [7, 11) is 0. The van der Waals surface area contributed by atoms with Gasteiger partial charge in [-0.25, -0.2) is 9.97 Å². The fourth-order valence-corrected chi connectivity index (χ4v) is 4.77. The van der Waals surface area contributed by atoms with Crippen molar-refractivity contribution in [3.05, 3.63) is 58.2 Å². The molecule has 0 N–H and O–H groups in total. The van der Waals surface area contributed by atoms with Crippen LogP contribution < -0.4 is 9.64 Å². The van der Waals surface area contributed by atoms with Gasteiger partial charge in [-0.3, -0.25) is 4.79 Å². The topological polar surface area (TPSA) is 55.3 Å². The SMILES string of the molecule is Cc1cc(Cl)cc2c1OC1(CCN(c3nc4ccccc4nc3C)CC1)CC2=O. The number of rotatable bonds is 1. The number of piperidine rings is 1. The second kappa shape index (κ2) is 6.70. The maximum absolute atomic E-state index is 12.8. The van der Waals surface area contributed by atoms with Crippen molar-refractivity contribution in [1.82, 2.24) is 9.97 Å². The fourth-order valence-electron chi connectivity index (χ4n) is 4.50. The van der Waals surface area contributed by atoms with E-state index in [4.69, 9.17) is 26.3 Å². The van der Waals surface area contributed by atoms with Gasteiger partial charge in [0.25, 0.3) is 0 Å². The summed E-state index contributed by atoms with van der Waals surface area (Å²) in [4.78, 5) is 24.7.